The molecule has 0 saturated carbocycles. The monoisotopic (exact) mass is 353 g/mol. The van der Waals surface area contributed by atoms with Gasteiger partial charge in [0.15, 0.2) is 11.6 Å². The molecule has 1 aromatic carbocycles. The second-order valence-corrected chi connectivity index (χ2v) is 6.08. The summed E-state index contributed by atoms with van der Waals surface area (Å²) in [4.78, 5) is 22.7. The average molecular weight is 354 g/mol. The number of benzene rings is 1. The molecule has 2 N–H and O–H groups in total. The van der Waals surface area contributed by atoms with Crippen LogP contribution >= 0.6 is 11.6 Å². The van der Waals surface area contributed by atoms with E-state index in [1.54, 1.807) is 20.8 Å². The largest absolute Gasteiger partial charge is 0.480 e. The Labute approximate surface area is 135 Å². The molecule has 1 atom stereocenters. The Morgan fingerprint density at radius 3 is 2.35 bits per heavy atom. The predicted octanol–water partition coefficient (Wildman–Crippen LogP) is 3.28. The van der Waals surface area contributed by atoms with Crippen molar-refractivity contribution in [3.05, 3.63) is 34.1 Å². The van der Waals surface area contributed by atoms with Gasteiger partial charge in [0.1, 0.15) is 22.5 Å². The van der Waals surface area contributed by atoms with Gasteiger partial charge in [0.05, 0.1) is 0 Å². The van der Waals surface area contributed by atoms with E-state index in [0.717, 1.165) is 0 Å². The molecule has 0 radical (unpaired) electrons. The van der Waals surface area contributed by atoms with Crippen LogP contribution in [0.1, 0.15) is 26.3 Å². The highest BCUT2D eigenvalue weighted by atomic mass is 35.5. The molecule has 128 valence electrons. The number of carboxylic acids is 1. The van der Waals surface area contributed by atoms with E-state index in [9.17, 15) is 22.8 Å². The smallest absolute Gasteiger partial charge is 0.408 e. The van der Waals surface area contributed by atoms with Gasteiger partial charge < -0.3 is 15.2 Å². The fourth-order valence-electron chi connectivity index (χ4n) is 1.64. The van der Waals surface area contributed by atoms with E-state index in [1.165, 1.54) is 0 Å². The highest BCUT2D eigenvalue weighted by molar-refractivity contribution is 6.31. The quantitative estimate of drug-likeness (QED) is 0.643. The first kappa shape index (κ1) is 19.1. The molecule has 0 bridgehead atoms. The van der Waals surface area contributed by atoms with Crippen molar-refractivity contribution in [3.8, 4) is 0 Å². The summed E-state index contributed by atoms with van der Waals surface area (Å²) in [5.41, 5.74) is -1.36. The van der Waals surface area contributed by atoms with E-state index in [2.05, 4.69) is 0 Å². The van der Waals surface area contributed by atoms with Gasteiger partial charge in [0.25, 0.3) is 0 Å². The van der Waals surface area contributed by atoms with Crippen molar-refractivity contribution in [2.45, 2.75) is 38.8 Å². The van der Waals surface area contributed by atoms with Crippen molar-refractivity contribution in [2.75, 3.05) is 0 Å². The van der Waals surface area contributed by atoms with Gasteiger partial charge in [-0.2, -0.15) is 0 Å². The van der Waals surface area contributed by atoms with Crippen molar-refractivity contribution in [1.29, 1.82) is 0 Å². The Hall–Kier alpha value is -1.96. The molecule has 0 fully saturated rings. The third-order valence-corrected chi connectivity index (χ3v) is 2.92. The van der Waals surface area contributed by atoms with Crippen molar-refractivity contribution in [3.63, 3.8) is 0 Å². The molecule has 0 spiro atoms. The Morgan fingerprint density at radius 1 is 1.30 bits per heavy atom. The van der Waals surface area contributed by atoms with Gasteiger partial charge >= 0.3 is 12.1 Å². The number of carboxylic acid groups (broad SMARTS) is 1. The van der Waals surface area contributed by atoms with Gasteiger partial charge in [-0.15, -0.1) is 0 Å². The standard InChI is InChI=1S/C14H15ClF3NO4/c1-14(2,3)23-13(22)19-8(12(20)21)5-6-4-7(16)11(18)9(15)10(6)17/h4,8H,5H2,1-3H3,(H,19,22)(H,20,21). The van der Waals surface area contributed by atoms with Crippen LogP contribution in [0.3, 0.4) is 0 Å². The molecule has 9 heteroatoms. The first-order valence-electron chi connectivity index (χ1n) is 6.46. The molecule has 1 aromatic rings. The van der Waals surface area contributed by atoms with Gasteiger partial charge in [0.2, 0.25) is 0 Å². The molecule has 1 amide bonds. The zero-order valence-corrected chi connectivity index (χ0v) is 13.3. The number of hydrogen-bond acceptors (Lipinski definition) is 3. The van der Waals surface area contributed by atoms with Crippen molar-refractivity contribution < 1.29 is 32.6 Å². The van der Waals surface area contributed by atoms with E-state index in [-0.39, 0.29) is 0 Å². The van der Waals surface area contributed by atoms with Crippen LogP contribution in [0.25, 0.3) is 0 Å². The molecule has 0 saturated heterocycles. The summed E-state index contributed by atoms with van der Waals surface area (Å²) >= 11 is 5.29. The van der Waals surface area contributed by atoms with Crippen LogP contribution in [-0.2, 0) is 16.0 Å². The summed E-state index contributed by atoms with van der Waals surface area (Å²) in [5, 5.41) is 10.0. The normalized spacial score (nSPS) is 12.7. The Kier molecular flexibility index (Phi) is 5.87. The summed E-state index contributed by atoms with van der Waals surface area (Å²) in [5.74, 6) is -5.79. The number of aliphatic carboxylic acids is 1. The lowest BCUT2D eigenvalue weighted by atomic mass is 10.0. The van der Waals surface area contributed by atoms with Crippen LogP contribution in [0.15, 0.2) is 6.07 Å². The van der Waals surface area contributed by atoms with Crippen molar-refractivity contribution in [2.24, 2.45) is 0 Å². The van der Waals surface area contributed by atoms with E-state index in [0.29, 0.717) is 6.07 Å². The van der Waals surface area contributed by atoms with Gasteiger partial charge in [-0.3, -0.25) is 0 Å². The number of carbonyl (C=O) groups excluding carboxylic acids is 1. The second kappa shape index (κ2) is 7.08. The van der Waals surface area contributed by atoms with Crippen LogP contribution in [0.5, 0.6) is 0 Å². The SMILES string of the molecule is CC(C)(C)OC(=O)NC(Cc1cc(F)c(F)c(Cl)c1F)C(=O)O. The lowest BCUT2D eigenvalue weighted by molar-refractivity contribution is -0.139. The molecule has 0 heterocycles. The fourth-order valence-corrected chi connectivity index (χ4v) is 1.85. The molecule has 0 aliphatic rings. The summed E-state index contributed by atoms with van der Waals surface area (Å²) in [6, 6.07) is -1.12. The molecule has 0 aliphatic heterocycles. The topological polar surface area (TPSA) is 75.6 Å². The fraction of sp³-hybridized carbons (Fsp3) is 0.429. The van der Waals surface area contributed by atoms with Crippen molar-refractivity contribution >= 4 is 23.7 Å². The number of nitrogens with one attached hydrogen (secondary N) is 1. The lowest BCUT2D eigenvalue weighted by Gasteiger charge is -2.22. The van der Waals surface area contributed by atoms with Crippen LogP contribution in [0, 0.1) is 17.5 Å². The molecule has 5 nitrogen and oxygen atoms in total. The molecular formula is C14H15ClF3NO4. The molecule has 1 unspecified atom stereocenters. The zero-order chi connectivity index (χ0) is 17.9. The zero-order valence-electron chi connectivity index (χ0n) is 12.5. The highest BCUT2D eigenvalue weighted by Gasteiger charge is 2.27. The highest BCUT2D eigenvalue weighted by Crippen LogP contribution is 2.25. The van der Waals surface area contributed by atoms with Crippen LogP contribution in [0.2, 0.25) is 5.02 Å². The number of amides is 1. The molecule has 0 aliphatic carbocycles. The number of halogens is 4. The minimum atomic E-state index is -1.61. The molecule has 23 heavy (non-hydrogen) atoms. The number of hydrogen-bond donors (Lipinski definition) is 2. The van der Waals surface area contributed by atoms with E-state index < -0.39 is 58.2 Å². The maximum absolute atomic E-state index is 13.8. The summed E-state index contributed by atoms with van der Waals surface area (Å²) in [7, 11) is 0. The third-order valence-electron chi connectivity index (χ3n) is 2.59. The summed E-state index contributed by atoms with van der Waals surface area (Å²) in [6.45, 7) is 4.70. The average Bonchev–Trinajstić information content (AvgIpc) is 2.39. The first-order valence-corrected chi connectivity index (χ1v) is 6.84. The summed E-state index contributed by atoms with van der Waals surface area (Å²) < 4.78 is 45.1. The van der Waals surface area contributed by atoms with E-state index in [1.807, 2.05) is 5.32 Å². The second-order valence-electron chi connectivity index (χ2n) is 5.70. The van der Waals surface area contributed by atoms with Crippen LogP contribution in [-0.4, -0.2) is 28.8 Å². The lowest BCUT2D eigenvalue weighted by Crippen LogP contribution is -2.44. The number of carbonyl (C=O) groups is 2. The van der Waals surface area contributed by atoms with Gasteiger partial charge in [-0.1, -0.05) is 11.6 Å². The van der Waals surface area contributed by atoms with Crippen LogP contribution < -0.4 is 5.32 Å². The van der Waals surface area contributed by atoms with Crippen LogP contribution in [0.4, 0.5) is 18.0 Å². The minimum absolute atomic E-state index is 0.489. The third kappa shape index (κ3) is 5.31. The molecule has 0 aromatic heterocycles. The molecular weight excluding hydrogens is 339 g/mol. The Balaban J connectivity index is 2.98. The Morgan fingerprint density at radius 2 is 1.87 bits per heavy atom. The van der Waals surface area contributed by atoms with Gasteiger partial charge in [0, 0.05) is 6.42 Å². The number of ether oxygens (including phenoxy) is 1. The maximum atomic E-state index is 13.8. The van der Waals surface area contributed by atoms with Crippen molar-refractivity contribution in [1.82, 2.24) is 5.32 Å². The van der Waals surface area contributed by atoms with E-state index >= 15 is 0 Å². The van der Waals surface area contributed by atoms with Gasteiger partial charge in [-0.25, -0.2) is 22.8 Å². The number of rotatable bonds is 4. The minimum Gasteiger partial charge on any atom is -0.480 e. The maximum Gasteiger partial charge on any atom is 0.408 e. The van der Waals surface area contributed by atoms with Gasteiger partial charge in [-0.05, 0) is 32.4 Å². The first-order chi connectivity index (χ1) is 10.4. The van der Waals surface area contributed by atoms with E-state index in [4.69, 9.17) is 21.4 Å². The number of alkyl carbamates (subject to hydrolysis) is 1. The Bertz CT molecular complexity index is 631. The summed E-state index contributed by atoms with van der Waals surface area (Å²) in [6.07, 6.45) is -1.68. The predicted molar refractivity (Wildman–Crippen MR) is 75.8 cm³/mol. The molecule has 1 rings (SSSR count).